The quantitative estimate of drug-likeness (QED) is 0.904. The van der Waals surface area contributed by atoms with Crippen molar-refractivity contribution in [1.82, 2.24) is 15.1 Å². The number of carbonyl (C=O) groups excluding carboxylic acids is 1. The number of urea groups is 1. The molecular weight excluding hydrogens is 294 g/mol. The molecule has 0 aliphatic carbocycles. The fraction of sp³-hybridized carbons (Fsp3) is 0.462. The van der Waals surface area contributed by atoms with Gasteiger partial charge in [0.05, 0.1) is 12.1 Å². The van der Waals surface area contributed by atoms with Gasteiger partial charge in [-0.2, -0.15) is 0 Å². The minimum absolute atomic E-state index is 0.145. The van der Waals surface area contributed by atoms with Crippen molar-refractivity contribution in [2.75, 3.05) is 26.7 Å². The third-order valence-electron chi connectivity index (χ3n) is 3.82. The van der Waals surface area contributed by atoms with E-state index in [0.717, 1.165) is 24.1 Å². The number of carbonyl (C=O) groups is 1. The van der Waals surface area contributed by atoms with E-state index in [1.54, 1.807) is 0 Å². The van der Waals surface area contributed by atoms with E-state index in [4.69, 9.17) is 0 Å². The maximum Gasteiger partial charge on any atom is 0.320 e. The summed E-state index contributed by atoms with van der Waals surface area (Å²) in [7, 11) is 1.89. The highest BCUT2D eigenvalue weighted by molar-refractivity contribution is 9.10. The topological polar surface area (TPSA) is 35.6 Å². The predicted molar refractivity (Wildman–Crippen MR) is 73.4 cm³/mol. The van der Waals surface area contributed by atoms with Gasteiger partial charge in [0.25, 0.3) is 0 Å². The highest BCUT2D eigenvalue weighted by atomic mass is 79.9. The van der Waals surface area contributed by atoms with E-state index in [1.165, 1.54) is 5.56 Å². The lowest BCUT2D eigenvalue weighted by Gasteiger charge is -2.34. The van der Waals surface area contributed by atoms with Crippen LogP contribution < -0.4 is 5.32 Å². The van der Waals surface area contributed by atoms with Crippen molar-refractivity contribution >= 4 is 22.0 Å². The molecule has 2 fully saturated rings. The largest absolute Gasteiger partial charge is 0.320 e. The van der Waals surface area contributed by atoms with Crippen molar-refractivity contribution in [3.8, 4) is 0 Å². The first-order valence-corrected chi connectivity index (χ1v) is 6.96. The Morgan fingerprint density at radius 3 is 2.78 bits per heavy atom. The zero-order chi connectivity index (χ0) is 12.7. The summed E-state index contributed by atoms with van der Waals surface area (Å²) in [6, 6.07) is 8.89. The Hall–Kier alpha value is -1.07. The van der Waals surface area contributed by atoms with Crippen LogP contribution in [0.5, 0.6) is 0 Å². The summed E-state index contributed by atoms with van der Waals surface area (Å²) in [5.41, 5.74) is 1.19. The fourth-order valence-electron chi connectivity index (χ4n) is 2.56. The second kappa shape index (κ2) is 4.55. The van der Waals surface area contributed by atoms with E-state index in [2.05, 4.69) is 33.4 Å². The van der Waals surface area contributed by atoms with Gasteiger partial charge >= 0.3 is 6.03 Å². The van der Waals surface area contributed by atoms with Crippen LogP contribution in [0.1, 0.15) is 11.6 Å². The summed E-state index contributed by atoms with van der Waals surface area (Å²) in [4.78, 5) is 16.1. The van der Waals surface area contributed by atoms with Crippen LogP contribution in [0.15, 0.2) is 28.7 Å². The molecule has 1 aromatic carbocycles. The Morgan fingerprint density at radius 2 is 2.17 bits per heavy atom. The molecule has 2 aliphatic rings. The summed E-state index contributed by atoms with van der Waals surface area (Å²) < 4.78 is 1.06. The number of benzene rings is 1. The molecule has 18 heavy (non-hydrogen) atoms. The van der Waals surface area contributed by atoms with E-state index in [1.807, 2.05) is 29.0 Å². The van der Waals surface area contributed by atoms with Crippen LogP contribution in [0, 0.1) is 0 Å². The SMILES string of the molecule is CN1C(=O)N(C2CNC2)CC1c1cccc(Br)c1. The molecule has 5 heteroatoms. The van der Waals surface area contributed by atoms with Gasteiger partial charge < -0.3 is 15.1 Å². The van der Waals surface area contributed by atoms with Crippen molar-refractivity contribution in [3.63, 3.8) is 0 Å². The number of hydrogen-bond acceptors (Lipinski definition) is 2. The van der Waals surface area contributed by atoms with Gasteiger partial charge in [-0.25, -0.2) is 4.79 Å². The van der Waals surface area contributed by atoms with Gasteiger partial charge in [0.15, 0.2) is 0 Å². The maximum absolute atomic E-state index is 12.2. The van der Waals surface area contributed by atoms with Gasteiger partial charge in [-0.15, -0.1) is 0 Å². The van der Waals surface area contributed by atoms with E-state index in [0.29, 0.717) is 6.04 Å². The molecule has 2 saturated heterocycles. The van der Waals surface area contributed by atoms with Crippen molar-refractivity contribution in [1.29, 1.82) is 0 Å². The third-order valence-corrected chi connectivity index (χ3v) is 4.31. The molecule has 3 rings (SSSR count). The second-order valence-electron chi connectivity index (χ2n) is 4.93. The van der Waals surface area contributed by atoms with Gasteiger partial charge in [-0.3, -0.25) is 0 Å². The average Bonchev–Trinajstić information content (AvgIpc) is 2.56. The van der Waals surface area contributed by atoms with Crippen molar-refractivity contribution < 1.29 is 4.79 Å². The summed E-state index contributed by atoms with van der Waals surface area (Å²) in [5.74, 6) is 0. The van der Waals surface area contributed by atoms with Crippen LogP contribution in [0.4, 0.5) is 4.79 Å². The van der Waals surface area contributed by atoms with E-state index >= 15 is 0 Å². The highest BCUT2D eigenvalue weighted by Crippen LogP contribution is 2.31. The number of amides is 2. The van der Waals surface area contributed by atoms with Crippen LogP contribution in [0.3, 0.4) is 0 Å². The lowest BCUT2D eigenvalue weighted by Crippen LogP contribution is -2.57. The van der Waals surface area contributed by atoms with Crippen molar-refractivity contribution in [2.45, 2.75) is 12.1 Å². The minimum Gasteiger partial charge on any atom is -0.319 e. The Kier molecular flexibility index (Phi) is 3.03. The Bertz CT molecular complexity index is 475. The fourth-order valence-corrected chi connectivity index (χ4v) is 2.98. The molecule has 4 nitrogen and oxygen atoms in total. The monoisotopic (exact) mass is 309 g/mol. The normalized spacial score (nSPS) is 24.6. The Morgan fingerprint density at radius 1 is 1.39 bits per heavy atom. The molecule has 1 N–H and O–H groups in total. The molecule has 0 bridgehead atoms. The Labute approximate surface area is 115 Å². The van der Waals surface area contributed by atoms with E-state index in [-0.39, 0.29) is 12.1 Å². The number of nitrogens with zero attached hydrogens (tertiary/aromatic N) is 2. The maximum atomic E-state index is 12.2. The van der Waals surface area contributed by atoms with Gasteiger partial charge in [0, 0.05) is 31.2 Å². The van der Waals surface area contributed by atoms with Crippen LogP contribution in [0.25, 0.3) is 0 Å². The standard InChI is InChI=1S/C13H16BrN3O/c1-16-12(9-3-2-4-10(14)5-9)8-17(13(16)18)11-6-15-7-11/h2-5,11-12,15H,6-8H2,1H3. The van der Waals surface area contributed by atoms with Crippen LogP contribution >= 0.6 is 15.9 Å². The molecule has 1 atom stereocenters. The molecule has 0 radical (unpaired) electrons. The van der Waals surface area contributed by atoms with Gasteiger partial charge in [-0.1, -0.05) is 28.1 Å². The highest BCUT2D eigenvalue weighted by Gasteiger charge is 2.40. The lowest BCUT2D eigenvalue weighted by molar-refractivity contribution is 0.162. The number of rotatable bonds is 2. The van der Waals surface area contributed by atoms with Gasteiger partial charge in [0.1, 0.15) is 0 Å². The molecule has 2 amide bonds. The lowest BCUT2D eigenvalue weighted by atomic mass is 10.1. The first-order chi connectivity index (χ1) is 8.66. The van der Waals surface area contributed by atoms with Crippen molar-refractivity contribution in [2.24, 2.45) is 0 Å². The molecule has 0 spiro atoms. The molecule has 0 saturated carbocycles. The number of hydrogen-bond donors (Lipinski definition) is 1. The molecule has 96 valence electrons. The Balaban J connectivity index is 1.83. The van der Waals surface area contributed by atoms with E-state index < -0.39 is 0 Å². The number of likely N-dealkylation sites (N-methyl/N-ethyl adjacent to an activating group) is 1. The van der Waals surface area contributed by atoms with Crippen LogP contribution in [-0.2, 0) is 0 Å². The second-order valence-corrected chi connectivity index (χ2v) is 5.84. The molecule has 2 heterocycles. The summed E-state index contributed by atoms with van der Waals surface area (Å²) >= 11 is 3.49. The number of halogens is 1. The summed E-state index contributed by atoms with van der Waals surface area (Å²) in [5, 5.41) is 3.22. The van der Waals surface area contributed by atoms with E-state index in [9.17, 15) is 4.79 Å². The first kappa shape index (κ1) is 12.0. The van der Waals surface area contributed by atoms with Crippen molar-refractivity contribution in [3.05, 3.63) is 34.3 Å². The molecular formula is C13H16BrN3O. The average molecular weight is 310 g/mol. The third kappa shape index (κ3) is 1.91. The predicted octanol–water partition coefficient (Wildman–Crippen LogP) is 1.83. The zero-order valence-electron chi connectivity index (χ0n) is 10.3. The first-order valence-electron chi connectivity index (χ1n) is 6.16. The smallest absolute Gasteiger partial charge is 0.319 e. The van der Waals surface area contributed by atoms with Crippen LogP contribution in [-0.4, -0.2) is 48.6 Å². The molecule has 1 unspecified atom stereocenters. The molecule has 1 aromatic rings. The number of nitrogens with one attached hydrogen (secondary N) is 1. The summed E-state index contributed by atoms with van der Waals surface area (Å²) in [6.45, 7) is 2.63. The molecule has 0 aromatic heterocycles. The van der Waals surface area contributed by atoms with Gasteiger partial charge in [0.2, 0.25) is 0 Å². The van der Waals surface area contributed by atoms with Crippen LogP contribution in [0.2, 0.25) is 0 Å². The summed E-state index contributed by atoms with van der Waals surface area (Å²) in [6.07, 6.45) is 0. The minimum atomic E-state index is 0.145. The zero-order valence-corrected chi connectivity index (χ0v) is 11.9. The van der Waals surface area contributed by atoms with Gasteiger partial charge in [-0.05, 0) is 17.7 Å². The molecule has 2 aliphatic heterocycles.